The normalized spacial score (nSPS) is 19.4. The van der Waals surface area contributed by atoms with Crippen LogP contribution in [0.1, 0.15) is 48.9 Å². The number of rotatable bonds is 10. The summed E-state index contributed by atoms with van der Waals surface area (Å²) in [6.07, 6.45) is -0.180. The van der Waals surface area contributed by atoms with Crippen molar-refractivity contribution in [3.05, 3.63) is 52.9 Å². The Hall–Kier alpha value is -3.42. The monoisotopic (exact) mass is 576 g/mol. The molecule has 1 aliphatic rings. The van der Waals surface area contributed by atoms with Gasteiger partial charge < -0.3 is 21.1 Å². The Morgan fingerprint density at radius 2 is 1.95 bits per heavy atom. The summed E-state index contributed by atoms with van der Waals surface area (Å²) in [5, 5.41) is 14.8. The summed E-state index contributed by atoms with van der Waals surface area (Å²) in [7, 11) is 0. The summed E-state index contributed by atoms with van der Waals surface area (Å²) in [5.41, 5.74) is 5.40. The quantitative estimate of drug-likeness (QED) is 0.307. The van der Waals surface area contributed by atoms with E-state index in [-0.39, 0.29) is 36.6 Å². The first-order chi connectivity index (χ1) is 18.9. The molecule has 0 atom stereocenters. The first-order valence-electron chi connectivity index (χ1n) is 12.8. The van der Waals surface area contributed by atoms with Crippen molar-refractivity contribution in [2.45, 2.75) is 51.3 Å². The highest BCUT2D eigenvalue weighted by Gasteiger charge is 2.39. The van der Waals surface area contributed by atoms with Crippen LogP contribution in [0.4, 0.5) is 24.8 Å². The minimum Gasteiger partial charge on any atom is -0.383 e. The average molecular weight is 577 g/mol. The smallest absolute Gasteiger partial charge is 0.383 e. The summed E-state index contributed by atoms with van der Waals surface area (Å²) >= 11 is 1.33. The first-order valence-corrected chi connectivity index (χ1v) is 13.7. The van der Waals surface area contributed by atoms with Gasteiger partial charge in [-0.05, 0) is 68.9 Å². The number of aryl methyl sites for hydroxylation is 1. The van der Waals surface area contributed by atoms with Gasteiger partial charge in [0.2, 0.25) is 11.9 Å². The molecule has 214 valence electrons. The van der Waals surface area contributed by atoms with Crippen molar-refractivity contribution in [1.29, 1.82) is 0 Å². The van der Waals surface area contributed by atoms with Crippen LogP contribution in [-0.2, 0) is 21.4 Å². The van der Waals surface area contributed by atoms with Crippen molar-refractivity contribution in [2.24, 2.45) is 11.7 Å². The van der Waals surface area contributed by atoms with Gasteiger partial charge >= 0.3 is 6.18 Å². The van der Waals surface area contributed by atoms with Crippen LogP contribution in [0, 0.1) is 12.8 Å². The maximum absolute atomic E-state index is 13.4. The molecule has 0 unspecified atom stereocenters. The second kappa shape index (κ2) is 12.0. The van der Waals surface area contributed by atoms with Gasteiger partial charge in [0.15, 0.2) is 0 Å². The highest BCUT2D eigenvalue weighted by atomic mass is 32.1. The number of carbonyl (C=O) groups excluding carboxylic acids is 2. The number of aliphatic hydroxyl groups is 1. The Morgan fingerprint density at radius 1 is 1.23 bits per heavy atom. The molecule has 13 heteroatoms. The van der Waals surface area contributed by atoms with E-state index < -0.39 is 17.5 Å². The molecule has 1 amide bonds. The molecule has 3 aromatic rings. The number of hydrogen-bond donors (Lipinski definition) is 3. The van der Waals surface area contributed by atoms with Crippen LogP contribution in [0.25, 0.3) is 10.4 Å². The van der Waals surface area contributed by atoms with E-state index in [1.54, 1.807) is 11.1 Å². The number of aromatic nitrogens is 3. The lowest BCUT2D eigenvalue weighted by Crippen LogP contribution is -2.35. The maximum Gasteiger partial charge on any atom is 0.433 e. The molecule has 1 aromatic carbocycles. The van der Waals surface area contributed by atoms with Gasteiger partial charge in [-0.1, -0.05) is 6.07 Å². The van der Waals surface area contributed by atoms with Crippen LogP contribution in [0.5, 0.6) is 0 Å². The summed E-state index contributed by atoms with van der Waals surface area (Å²) in [5.74, 6) is -0.806. The number of Topliss-reactive ketones (excluding diaryl/α,β-unsaturated/α-hetero) is 1. The lowest BCUT2D eigenvalue weighted by Gasteiger charge is -2.33. The number of alkyl halides is 3. The van der Waals surface area contributed by atoms with Crippen LogP contribution >= 0.6 is 11.3 Å². The van der Waals surface area contributed by atoms with Crippen molar-refractivity contribution in [3.63, 3.8) is 0 Å². The van der Waals surface area contributed by atoms with Crippen molar-refractivity contribution >= 4 is 34.7 Å². The molecule has 1 fully saturated rings. The molecule has 0 bridgehead atoms. The van der Waals surface area contributed by atoms with E-state index in [4.69, 9.17) is 5.73 Å². The Bertz CT molecular complexity index is 1370. The fourth-order valence-electron chi connectivity index (χ4n) is 4.71. The third kappa shape index (κ3) is 7.01. The fourth-order valence-corrected chi connectivity index (χ4v) is 5.76. The van der Waals surface area contributed by atoms with Crippen molar-refractivity contribution in [2.75, 3.05) is 24.5 Å². The van der Waals surface area contributed by atoms with Crippen LogP contribution in [0.3, 0.4) is 0 Å². The third-order valence-electron chi connectivity index (χ3n) is 6.84. The van der Waals surface area contributed by atoms with Gasteiger partial charge in [-0.3, -0.25) is 9.59 Å². The number of nitrogens with one attached hydrogen (secondary N) is 1. The number of benzene rings is 1. The highest BCUT2D eigenvalue weighted by molar-refractivity contribution is 7.15. The Kier molecular flexibility index (Phi) is 8.86. The van der Waals surface area contributed by atoms with E-state index in [1.165, 1.54) is 18.3 Å². The number of anilines is 2. The van der Waals surface area contributed by atoms with Gasteiger partial charge in [-0.25, -0.2) is 15.0 Å². The van der Waals surface area contributed by atoms with E-state index in [2.05, 4.69) is 20.3 Å². The van der Waals surface area contributed by atoms with Crippen molar-refractivity contribution in [1.82, 2.24) is 20.3 Å². The molecule has 1 aliphatic carbocycles. The molecule has 4 rings (SSSR count). The van der Waals surface area contributed by atoms with Crippen LogP contribution < -0.4 is 16.0 Å². The van der Waals surface area contributed by atoms with Gasteiger partial charge in [0.1, 0.15) is 22.1 Å². The number of nitrogens with zero attached hydrogens (tertiary/aromatic N) is 4. The number of halogens is 3. The predicted molar refractivity (Wildman–Crippen MR) is 145 cm³/mol. The zero-order valence-electron chi connectivity index (χ0n) is 22.2. The number of nitrogens with two attached hydrogens (primary N) is 1. The molecular formula is C27H31F3N6O3S. The van der Waals surface area contributed by atoms with Crippen LogP contribution in [0.2, 0.25) is 0 Å². The zero-order valence-corrected chi connectivity index (χ0v) is 23.0. The SMILES string of the molecule is CC(=O)CNCCN(c1cc(C)cc(-c2cnc(C3(O)CCC(C(N)=O)CC3)s2)c1)c1nccc(C(F)(F)F)n1. The molecule has 4 N–H and O–H groups in total. The summed E-state index contributed by atoms with van der Waals surface area (Å²) < 4.78 is 40.3. The maximum atomic E-state index is 13.4. The first kappa shape index (κ1) is 29.6. The molecule has 0 spiro atoms. The molecule has 40 heavy (non-hydrogen) atoms. The Morgan fingerprint density at radius 3 is 2.60 bits per heavy atom. The molecule has 0 saturated heterocycles. The average Bonchev–Trinajstić information content (AvgIpc) is 3.40. The van der Waals surface area contributed by atoms with Gasteiger partial charge in [0.05, 0.1) is 11.4 Å². The van der Waals surface area contributed by atoms with Gasteiger partial charge in [0, 0.05) is 37.1 Å². The minimum absolute atomic E-state index is 0.0644. The second-order valence-corrected chi connectivity index (χ2v) is 11.1. The van der Waals surface area contributed by atoms with Crippen LogP contribution in [0.15, 0.2) is 36.7 Å². The number of thiazole rings is 1. The summed E-state index contributed by atoms with van der Waals surface area (Å²) in [4.78, 5) is 37.6. The molecule has 0 aliphatic heterocycles. The van der Waals surface area contributed by atoms with Crippen LogP contribution in [-0.4, -0.2) is 51.4 Å². The molecular weight excluding hydrogens is 545 g/mol. The van der Waals surface area contributed by atoms with E-state index in [0.29, 0.717) is 42.9 Å². The number of primary amides is 1. The van der Waals surface area contributed by atoms with Gasteiger partial charge in [-0.15, -0.1) is 11.3 Å². The Labute approximate surface area is 233 Å². The van der Waals surface area contributed by atoms with Gasteiger partial charge in [0.25, 0.3) is 0 Å². The molecule has 0 radical (unpaired) electrons. The fraction of sp³-hybridized carbons (Fsp3) is 0.444. The molecule has 2 heterocycles. The summed E-state index contributed by atoms with van der Waals surface area (Å²) in [6, 6.07) is 6.37. The van der Waals surface area contributed by atoms with E-state index in [1.807, 2.05) is 25.1 Å². The molecule has 2 aromatic heterocycles. The predicted octanol–water partition coefficient (Wildman–Crippen LogP) is 4.11. The molecule has 1 saturated carbocycles. The zero-order chi connectivity index (χ0) is 29.1. The topological polar surface area (TPSA) is 134 Å². The van der Waals surface area contributed by atoms with E-state index in [0.717, 1.165) is 28.3 Å². The number of carbonyl (C=O) groups is 2. The van der Waals surface area contributed by atoms with Crippen molar-refractivity contribution < 1.29 is 27.9 Å². The van der Waals surface area contributed by atoms with E-state index in [9.17, 15) is 27.9 Å². The standard InChI is InChI=1S/C27H31F3N6O3S/c1-16-11-19(21-15-34-24(40-21)26(39)6-3-18(4-7-26)23(31)38)13-20(12-16)36(10-9-32-14-17(2)37)25-33-8-5-22(35-25)27(28,29)30/h5,8,11-13,15,18,32,39H,3-4,6-7,9-10,14H2,1-2H3,(H2,31,38). The minimum atomic E-state index is -4.64. The molecule has 9 nitrogen and oxygen atoms in total. The number of ketones is 1. The third-order valence-corrected chi connectivity index (χ3v) is 8.08. The lowest BCUT2D eigenvalue weighted by molar-refractivity contribution is -0.141. The van der Waals surface area contributed by atoms with Crippen molar-refractivity contribution in [3.8, 4) is 10.4 Å². The van der Waals surface area contributed by atoms with Gasteiger partial charge in [-0.2, -0.15) is 13.2 Å². The number of amides is 1. The second-order valence-electron chi connectivity index (χ2n) is 10.1. The largest absolute Gasteiger partial charge is 0.433 e. The Balaban J connectivity index is 1.65. The highest BCUT2D eigenvalue weighted by Crippen LogP contribution is 2.43. The summed E-state index contributed by atoms with van der Waals surface area (Å²) in [6.45, 7) is 3.94. The van der Waals surface area contributed by atoms with E-state index >= 15 is 0 Å². The number of hydrogen-bond acceptors (Lipinski definition) is 9. The lowest BCUT2D eigenvalue weighted by atomic mass is 9.79.